The van der Waals surface area contributed by atoms with E-state index in [9.17, 15) is 4.79 Å². The molecule has 1 aromatic heterocycles. The average Bonchev–Trinajstić information content (AvgIpc) is 3.19. The number of halogens is 1. The smallest absolute Gasteiger partial charge is 0.233 e. The first-order valence-corrected chi connectivity index (χ1v) is 9.66. The number of aromatic nitrogens is 3. The van der Waals surface area contributed by atoms with Crippen LogP contribution in [0.2, 0.25) is 0 Å². The minimum atomic E-state index is -0.274. The monoisotopic (exact) mass is 409 g/mol. The Bertz CT molecular complexity index is 729. The van der Waals surface area contributed by atoms with Crippen molar-refractivity contribution in [2.24, 2.45) is 0 Å². The molecule has 1 fully saturated rings. The number of nitrogens with two attached hydrogens (primary N) is 1. The number of hydrogen-bond donors (Lipinski definition) is 2. The molecule has 0 radical (unpaired) electrons. The predicted molar refractivity (Wildman–Crippen MR) is 99.0 cm³/mol. The second kappa shape index (κ2) is 7.57. The highest BCUT2D eigenvalue weighted by atomic mass is 79.9. The third kappa shape index (κ3) is 3.75. The minimum absolute atomic E-state index is 0.0253. The highest BCUT2D eigenvalue weighted by Gasteiger charge is 2.23. The fourth-order valence-corrected chi connectivity index (χ4v) is 4.03. The van der Waals surface area contributed by atoms with Gasteiger partial charge in [0, 0.05) is 16.1 Å². The van der Waals surface area contributed by atoms with Crippen molar-refractivity contribution in [2.45, 2.75) is 49.1 Å². The summed E-state index contributed by atoms with van der Waals surface area (Å²) >= 11 is 4.81. The molecule has 0 bridgehead atoms. The summed E-state index contributed by atoms with van der Waals surface area (Å²) in [4.78, 5) is 12.3. The number of thioether (sulfide) groups is 1. The molecule has 8 heteroatoms. The number of amides is 1. The molecular formula is C16H20BrN5OS. The largest absolute Gasteiger partial charge is 0.352 e. The van der Waals surface area contributed by atoms with Crippen LogP contribution in [0.15, 0.2) is 33.9 Å². The summed E-state index contributed by atoms with van der Waals surface area (Å²) in [5, 5.41) is 11.7. The topological polar surface area (TPSA) is 85.8 Å². The first kappa shape index (κ1) is 17.3. The Balaban J connectivity index is 1.69. The molecule has 1 aliphatic rings. The number of nitrogens with zero attached hydrogens (tertiary/aromatic N) is 3. The van der Waals surface area contributed by atoms with Crippen LogP contribution in [-0.4, -0.2) is 32.1 Å². The number of benzene rings is 1. The van der Waals surface area contributed by atoms with Gasteiger partial charge in [0.1, 0.15) is 0 Å². The Kier molecular flexibility index (Phi) is 5.45. The van der Waals surface area contributed by atoms with Gasteiger partial charge in [0.25, 0.3) is 0 Å². The Hall–Kier alpha value is -1.54. The maximum atomic E-state index is 12.3. The Morgan fingerprint density at radius 2 is 2.08 bits per heavy atom. The van der Waals surface area contributed by atoms with Crippen LogP contribution < -0.4 is 11.2 Å². The zero-order chi connectivity index (χ0) is 17.1. The number of nitrogens with one attached hydrogen (secondary N) is 1. The van der Waals surface area contributed by atoms with E-state index in [1.54, 1.807) is 0 Å². The van der Waals surface area contributed by atoms with Crippen molar-refractivity contribution in [1.82, 2.24) is 20.2 Å². The van der Waals surface area contributed by atoms with E-state index in [1.165, 1.54) is 29.3 Å². The zero-order valence-electron chi connectivity index (χ0n) is 13.4. The highest BCUT2D eigenvalue weighted by molar-refractivity contribution is 9.10. The van der Waals surface area contributed by atoms with Crippen molar-refractivity contribution in [3.63, 3.8) is 0 Å². The first-order chi connectivity index (χ1) is 11.6. The van der Waals surface area contributed by atoms with Crippen molar-refractivity contribution < 1.29 is 4.79 Å². The molecule has 1 saturated carbocycles. The molecule has 3 N–H and O–H groups in total. The lowest BCUT2D eigenvalue weighted by Crippen LogP contribution is -2.37. The summed E-state index contributed by atoms with van der Waals surface area (Å²) in [7, 11) is 0. The fraction of sp³-hybridized carbons (Fsp3) is 0.438. The molecule has 6 nitrogen and oxygen atoms in total. The van der Waals surface area contributed by atoms with Gasteiger partial charge in [0.2, 0.25) is 11.1 Å². The minimum Gasteiger partial charge on any atom is -0.352 e. The summed E-state index contributed by atoms with van der Waals surface area (Å²) in [5.74, 6) is 6.72. The zero-order valence-corrected chi connectivity index (χ0v) is 15.8. The van der Waals surface area contributed by atoms with Crippen molar-refractivity contribution in [2.75, 3.05) is 5.84 Å². The molecule has 24 heavy (non-hydrogen) atoms. The third-order valence-corrected chi connectivity index (χ3v) is 5.88. The van der Waals surface area contributed by atoms with Crippen molar-refractivity contribution in [3.8, 4) is 11.4 Å². The van der Waals surface area contributed by atoms with Crippen LogP contribution in [0.5, 0.6) is 0 Å². The van der Waals surface area contributed by atoms with Crippen LogP contribution in [0.4, 0.5) is 0 Å². The van der Waals surface area contributed by atoms with Gasteiger partial charge in [-0.3, -0.25) is 4.79 Å². The molecule has 1 aliphatic carbocycles. The van der Waals surface area contributed by atoms with Crippen molar-refractivity contribution in [1.29, 1.82) is 0 Å². The van der Waals surface area contributed by atoms with Gasteiger partial charge in [0.05, 0.1) is 5.25 Å². The van der Waals surface area contributed by atoms with Crippen LogP contribution in [0.1, 0.15) is 32.6 Å². The lowest BCUT2D eigenvalue weighted by molar-refractivity contribution is -0.120. The lowest BCUT2D eigenvalue weighted by Gasteiger charge is -2.15. The SMILES string of the molecule is CC(Sc1nnc(-c2ccccc2Br)n1N)C(=O)NC1CCCC1. The average molecular weight is 410 g/mol. The van der Waals surface area contributed by atoms with E-state index >= 15 is 0 Å². The standard InChI is InChI=1S/C16H20BrN5OS/c1-10(15(23)19-11-6-2-3-7-11)24-16-21-20-14(22(16)18)12-8-4-5-9-13(12)17/h4-5,8-11H,2-3,6-7,18H2,1H3,(H,19,23). The summed E-state index contributed by atoms with van der Waals surface area (Å²) < 4.78 is 2.33. The van der Waals surface area contributed by atoms with Gasteiger partial charge < -0.3 is 11.2 Å². The summed E-state index contributed by atoms with van der Waals surface area (Å²) in [6.07, 6.45) is 4.53. The summed E-state index contributed by atoms with van der Waals surface area (Å²) in [5.41, 5.74) is 0.863. The Morgan fingerprint density at radius 3 is 2.79 bits per heavy atom. The third-order valence-electron chi connectivity index (χ3n) is 4.13. The molecule has 1 amide bonds. The van der Waals surface area contributed by atoms with Crippen LogP contribution in [0.3, 0.4) is 0 Å². The second-order valence-electron chi connectivity index (χ2n) is 5.91. The molecule has 1 aromatic carbocycles. The Morgan fingerprint density at radius 1 is 1.38 bits per heavy atom. The van der Waals surface area contributed by atoms with E-state index in [1.807, 2.05) is 31.2 Å². The predicted octanol–water partition coefficient (Wildman–Crippen LogP) is 2.96. The van der Waals surface area contributed by atoms with Crippen LogP contribution >= 0.6 is 27.7 Å². The van der Waals surface area contributed by atoms with Crippen LogP contribution in [-0.2, 0) is 4.79 Å². The number of carbonyl (C=O) groups excluding carboxylic acids is 1. The molecule has 0 spiro atoms. The summed E-state index contributed by atoms with van der Waals surface area (Å²) in [6.45, 7) is 1.86. The number of nitrogen functional groups attached to an aromatic ring is 1. The first-order valence-electron chi connectivity index (χ1n) is 7.98. The van der Waals surface area contributed by atoms with E-state index in [4.69, 9.17) is 5.84 Å². The normalized spacial score (nSPS) is 16.2. The maximum Gasteiger partial charge on any atom is 0.233 e. The van der Waals surface area contributed by atoms with Crippen LogP contribution in [0, 0.1) is 0 Å². The van der Waals surface area contributed by atoms with Gasteiger partial charge in [-0.1, -0.05) is 52.7 Å². The molecule has 1 atom stereocenters. The quantitative estimate of drug-likeness (QED) is 0.585. The molecule has 128 valence electrons. The highest BCUT2D eigenvalue weighted by Crippen LogP contribution is 2.29. The fourth-order valence-electron chi connectivity index (χ4n) is 2.78. The van der Waals surface area contributed by atoms with E-state index in [-0.39, 0.29) is 11.2 Å². The number of rotatable bonds is 5. The molecule has 2 aromatic rings. The van der Waals surface area contributed by atoms with E-state index in [0.717, 1.165) is 22.9 Å². The van der Waals surface area contributed by atoms with Crippen molar-refractivity contribution >= 4 is 33.6 Å². The van der Waals surface area contributed by atoms with Gasteiger partial charge in [0.15, 0.2) is 5.82 Å². The molecule has 0 saturated heterocycles. The second-order valence-corrected chi connectivity index (χ2v) is 8.07. The summed E-state index contributed by atoms with van der Waals surface area (Å²) in [6, 6.07) is 8.00. The van der Waals surface area contributed by atoms with Gasteiger partial charge in [-0.15, -0.1) is 10.2 Å². The molecular weight excluding hydrogens is 390 g/mol. The van der Waals surface area contributed by atoms with Gasteiger partial charge in [-0.25, -0.2) is 4.68 Å². The van der Waals surface area contributed by atoms with E-state index < -0.39 is 0 Å². The lowest BCUT2D eigenvalue weighted by atomic mass is 10.2. The van der Waals surface area contributed by atoms with Crippen molar-refractivity contribution in [3.05, 3.63) is 28.7 Å². The molecule has 0 aliphatic heterocycles. The molecule has 3 rings (SSSR count). The van der Waals surface area contributed by atoms with Gasteiger partial charge in [-0.05, 0) is 31.9 Å². The number of hydrogen-bond acceptors (Lipinski definition) is 5. The van der Waals surface area contributed by atoms with Gasteiger partial charge >= 0.3 is 0 Å². The van der Waals surface area contributed by atoms with E-state index in [2.05, 4.69) is 31.4 Å². The Labute approximate surface area is 153 Å². The van der Waals surface area contributed by atoms with Gasteiger partial charge in [-0.2, -0.15) is 0 Å². The molecule has 1 unspecified atom stereocenters. The van der Waals surface area contributed by atoms with Crippen LogP contribution in [0.25, 0.3) is 11.4 Å². The number of carbonyl (C=O) groups is 1. The molecule has 1 heterocycles. The maximum absolute atomic E-state index is 12.3. The van der Waals surface area contributed by atoms with E-state index in [0.29, 0.717) is 17.0 Å².